The van der Waals surface area contributed by atoms with Crippen molar-refractivity contribution in [1.82, 2.24) is 33.1 Å². The molecule has 0 radical (unpaired) electrons. The molecule has 0 aromatic carbocycles. The number of aromatic nitrogens is 6. The van der Waals surface area contributed by atoms with Gasteiger partial charge >= 0.3 is 5.69 Å². The average molecular weight is 359 g/mol. The second kappa shape index (κ2) is 5.92. The Labute approximate surface area is 148 Å². The number of aryl methyl sites for hydroxylation is 2. The summed E-state index contributed by atoms with van der Waals surface area (Å²) >= 11 is 0. The molecule has 1 N–H and O–H groups in total. The molecule has 0 aliphatic carbocycles. The molecule has 10 nitrogen and oxygen atoms in total. The average Bonchev–Trinajstić information content (AvgIpc) is 3.30. The molecule has 1 fully saturated rings. The summed E-state index contributed by atoms with van der Waals surface area (Å²) in [6, 6.07) is -0.290. The van der Waals surface area contributed by atoms with Crippen LogP contribution in [-0.2, 0) is 27.7 Å². The van der Waals surface area contributed by atoms with E-state index in [1.807, 2.05) is 17.8 Å². The quantitative estimate of drug-likeness (QED) is 0.616. The molecule has 0 saturated carbocycles. The first-order valence-electron chi connectivity index (χ1n) is 8.36. The predicted molar refractivity (Wildman–Crippen MR) is 93.7 cm³/mol. The lowest BCUT2D eigenvalue weighted by Gasteiger charge is -2.18. The zero-order valence-corrected chi connectivity index (χ0v) is 14.9. The molecule has 3 aromatic heterocycles. The Hall–Kier alpha value is -2.72. The maximum absolute atomic E-state index is 12.3. The summed E-state index contributed by atoms with van der Waals surface area (Å²) in [5, 5.41) is 10.6. The minimum absolute atomic E-state index is 0.227. The maximum Gasteiger partial charge on any atom is 0.332 e. The highest BCUT2D eigenvalue weighted by Gasteiger charge is 2.34. The second-order valence-corrected chi connectivity index (χ2v) is 6.89. The van der Waals surface area contributed by atoms with Crippen LogP contribution in [0.3, 0.4) is 0 Å². The molecule has 10 heteroatoms. The molecule has 1 aliphatic rings. The van der Waals surface area contributed by atoms with Crippen LogP contribution in [0.4, 0.5) is 0 Å². The standard InChI is InChI=1S/C16H21N7O3/c1-19-4-10(17-8-19)5-22-6-11(12(24)7-22)23-9-18-13-14(23)20(2)16(26)21(3)15(13)25/h4,8-9,11-12,24H,5-7H2,1-3H3/t11-,12-/m0/s1. The molecule has 0 unspecified atom stereocenters. The third-order valence-corrected chi connectivity index (χ3v) is 5.00. The second-order valence-electron chi connectivity index (χ2n) is 6.89. The zero-order chi connectivity index (χ0) is 18.6. The third-order valence-electron chi connectivity index (χ3n) is 5.00. The molecule has 2 atom stereocenters. The highest BCUT2D eigenvalue weighted by molar-refractivity contribution is 5.70. The smallest absolute Gasteiger partial charge is 0.332 e. The molecular formula is C16H21N7O3. The fourth-order valence-electron chi connectivity index (χ4n) is 3.67. The van der Waals surface area contributed by atoms with E-state index in [1.54, 1.807) is 17.9 Å². The lowest BCUT2D eigenvalue weighted by Crippen LogP contribution is -2.38. The van der Waals surface area contributed by atoms with Crippen LogP contribution in [0, 0.1) is 0 Å². The summed E-state index contributed by atoms with van der Waals surface area (Å²) < 4.78 is 6.06. The fourth-order valence-corrected chi connectivity index (χ4v) is 3.67. The number of β-amino-alcohol motifs (C(OH)–C–C–N with tert-alkyl or cyclic N) is 1. The van der Waals surface area contributed by atoms with E-state index in [0.717, 1.165) is 10.3 Å². The van der Waals surface area contributed by atoms with Crippen molar-refractivity contribution < 1.29 is 5.11 Å². The first-order chi connectivity index (χ1) is 12.4. The molecule has 1 saturated heterocycles. The molecule has 26 heavy (non-hydrogen) atoms. The van der Waals surface area contributed by atoms with Gasteiger partial charge in [0.05, 0.1) is 30.5 Å². The summed E-state index contributed by atoms with van der Waals surface area (Å²) in [6.07, 6.45) is 4.59. The van der Waals surface area contributed by atoms with Gasteiger partial charge in [0, 0.05) is 47.0 Å². The first kappa shape index (κ1) is 16.7. The molecule has 0 bridgehead atoms. The van der Waals surface area contributed by atoms with Crippen LogP contribution >= 0.6 is 0 Å². The number of hydrogen-bond acceptors (Lipinski definition) is 6. The van der Waals surface area contributed by atoms with E-state index in [9.17, 15) is 14.7 Å². The van der Waals surface area contributed by atoms with Crippen molar-refractivity contribution in [3.63, 3.8) is 0 Å². The van der Waals surface area contributed by atoms with Gasteiger partial charge in [-0.2, -0.15) is 0 Å². The molecule has 4 heterocycles. The summed E-state index contributed by atoms with van der Waals surface area (Å²) in [5.41, 5.74) is 0.741. The van der Waals surface area contributed by atoms with E-state index in [4.69, 9.17) is 0 Å². The number of nitrogens with zero attached hydrogens (tertiary/aromatic N) is 7. The number of fused-ring (bicyclic) bond motifs is 1. The molecule has 3 aromatic rings. The van der Waals surface area contributed by atoms with Gasteiger partial charge in [0.2, 0.25) is 0 Å². The van der Waals surface area contributed by atoms with Crippen molar-refractivity contribution in [3.05, 3.63) is 45.4 Å². The summed E-state index contributed by atoms with van der Waals surface area (Å²) in [7, 11) is 4.95. The summed E-state index contributed by atoms with van der Waals surface area (Å²) in [6.45, 7) is 1.69. The molecule has 0 amide bonds. The van der Waals surface area contributed by atoms with E-state index in [0.29, 0.717) is 25.3 Å². The Morgan fingerprint density at radius 2 is 1.88 bits per heavy atom. The topological polar surface area (TPSA) is 103 Å². The van der Waals surface area contributed by atoms with E-state index in [1.165, 1.54) is 17.9 Å². The van der Waals surface area contributed by atoms with E-state index in [2.05, 4.69) is 14.9 Å². The van der Waals surface area contributed by atoms with Gasteiger partial charge < -0.3 is 14.2 Å². The number of aliphatic hydroxyl groups is 1. The number of likely N-dealkylation sites (tertiary alicyclic amines) is 1. The first-order valence-corrected chi connectivity index (χ1v) is 8.36. The molecular weight excluding hydrogens is 338 g/mol. The van der Waals surface area contributed by atoms with Crippen LogP contribution in [0.5, 0.6) is 0 Å². The number of rotatable bonds is 3. The van der Waals surface area contributed by atoms with E-state index < -0.39 is 17.4 Å². The number of aliphatic hydroxyl groups excluding tert-OH is 1. The number of hydrogen-bond donors (Lipinski definition) is 1. The Balaban J connectivity index is 1.70. The molecule has 0 spiro atoms. The van der Waals surface area contributed by atoms with Crippen LogP contribution < -0.4 is 11.2 Å². The fraction of sp³-hybridized carbons (Fsp3) is 0.500. The molecule has 4 rings (SSSR count). The van der Waals surface area contributed by atoms with Crippen LogP contribution in [0.25, 0.3) is 11.2 Å². The minimum Gasteiger partial charge on any atom is -0.390 e. The van der Waals surface area contributed by atoms with Gasteiger partial charge in [-0.05, 0) is 0 Å². The van der Waals surface area contributed by atoms with Crippen LogP contribution in [0.1, 0.15) is 11.7 Å². The highest BCUT2D eigenvalue weighted by atomic mass is 16.3. The van der Waals surface area contributed by atoms with Gasteiger partial charge in [0.1, 0.15) is 5.65 Å². The molecule has 1 aliphatic heterocycles. The zero-order valence-electron chi connectivity index (χ0n) is 14.9. The van der Waals surface area contributed by atoms with Crippen molar-refractivity contribution in [2.45, 2.75) is 18.7 Å². The summed E-state index contributed by atoms with van der Waals surface area (Å²) in [4.78, 5) is 35.2. The lowest BCUT2D eigenvalue weighted by molar-refractivity contribution is 0.144. The predicted octanol–water partition coefficient (Wildman–Crippen LogP) is -1.41. The van der Waals surface area contributed by atoms with Crippen molar-refractivity contribution >= 4 is 11.2 Å². The monoisotopic (exact) mass is 359 g/mol. The Bertz CT molecular complexity index is 1090. The van der Waals surface area contributed by atoms with Crippen LogP contribution in [0.15, 0.2) is 28.4 Å². The lowest BCUT2D eigenvalue weighted by atomic mass is 10.2. The minimum atomic E-state index is -0.629. The summed E-state index contributed by atoms with van der Waals surface area (Å²) in [5.74, 6) is 0. The van der Waals surface area contributed by atoms with Gasteiger partial charge in [-0.15, -0.1) is 0 Å². The van der Waals surface area contributed by atoms with Gasteiger partial charge in [-0.1, -0.05) is 0 Å². The van der Waals surface area contributed by atoms with Crippen molar-refractivity contribution in [3.8, 4) is 0 Å². The van der Waals surface area contributed by atoms with Crippen molar-refractivity contribution in [2.24, 2.45) is 21.1 Å². The Morgan fingerprint density at radius 3 is 2.58 bits per heavy atom. The van der Waals surface area contributed by atoms with Gasteiger partial charge in [0.25, 0.3) is 5.56 Å². The normalized spacial score (nSPS) is 21.1. The number of imidazole rings is 2. The third kappa shape index (κ3) is 2.49. The van der Waals surface area contributed by atoms with Crippen LogP contribution in [0.2, 0.25) is 0 Å². The SMILES string of the molecule is Cn1cnc(CN2C[C@H](O)[C@@H](n3cnc4c(=O)n(C)c(=O)n(C)c43)C2)c1. The van der Waals surface area contributed by atoms with E-state index >= 15 is 0 Å². The van der Waals surface area contributed by atoms with Crippen molar-refractivity contribution in [2.75, 3.05) is 13.1 Å². The van der Waals surface area contributed by atoms with E-state index in [-0.39, 0.29) is 11.6 Å². The van der Waals surface area contributed by atoms with Gasteiger partial charge in [-0.3, -0.25) is 18.8 Å². The van der Waals surface area contributed by atoms with Crippen LogP contribution in [-0.4, -0.2) is 57.4 Å². The maximum atomic E-state index is 12.3. The molecule has 138 valence electrons. The Morgan fingerprint density at radius 1 is 1.12 bits per heavy atom. The highest BCUT2D eigenvalue weighted by Crippen LogP contribution is 2.26. The Kier molecular flexibility index (Phi) is 3.81. The van der Waals surface area contributed by atoms with Crippen molar-refractivity contribution in [1.29, 1.82) is 0 Å². The van der Waals surface area contributed by atoms with Gasteiger partial charge in [0.15, 0.2) is 5.52 Å². The van der Waals surface area contributed by atoms with Gasteiger partial charge in [-0.25, -0.2) is 14.8 Å². The largest absolute Gasteiger partial charge is 0.390 e.